The van der Waals surface area contributed by atoms with Crippen molar-refractivity contribution >= 4 is 50.9 Å². The van der Waals surface area contributed by atoms with Crippen molar-refractivity contribution in [1.82, 2.24) is 24.9 Å². The molecule has 2 N–H and O–H groups in total. The number of amides is 2. The van der Waals surface area contributed by atoms with Gasteiger partial charge in [0.15, 0.2) is 0 Å². The molecule has 2 atom stereocenters. The van der Waals surface area contributed by atoms with Gasteiger partial charge in [-0.05, 0) is 70.4 Å². The maximum atomic E-state index is 13.3. The van der Waals surface area contributed by atoms with Crippen LogP contribution in [0.25, 0.3) is 11.3 Å². The van der Waals surface area contributed by atoms with E-state index in [4.69, 9.17) is 16.3 Å². The van der Waals surface area contributed by atoms with E-state index in [0.29, 0.717) is 53.6 Å². The minimum Gasteiger partial charge on any atom is -0.444 e. The Hall–Kier alpha value is -3.47. The fraction of sp³-hybridized carbons (Fsp3) is 0.467. The van der Waals surface area contributed by atoms with Crippen LogP contribution < -0.4 is 15.5 Å². The molecule has 3 aromatic rings. The van der Waals surface area contributed by atoms with Crippen LogP contribution in [0.15, 0.2) is 46.7 Å². The molecule has 4 heterocycles. The zero-order valence-corrected chi connectivity index (χ0v) is 28.2. The quantitative estimate of drug-likeness (QED) is 0.315. The first-order valence-electron chi connectivity index (χ1n) is 14.8. The number of aromatic nitrogens is 2. The lowest BCUT2D eigenvalue weighted by atomic mass is 10.1. The number of anilines is 1. The first-order valence-corrected chi connectivity index (χ1v) is 17.5. The SMILES string of the molecule is CC(C)(C)OC(=O)NC1CCN(c2nc(CNC(=O)C3CCCN3S(=O)(=O)c3ccc(Cl)s3)cc(-c3ccc(C(F)(F)F)cc3)n2)C1. The molecule has 11 nitrogen and oxygen atoms in total. The van der Waals surface area contributed by atoms with Crippen molar-refractivity contribution < 1.29 is 35.9 Å². The van der Waals surface area contributed by atoms with Gasteiger partial charge in [-0.25, -0.2) is 23.2 Å². The lowest BCUT2D eigenvalue weighted by Gasteiger charge is -2.23. The largest absolute Gasteiger partial charge is 0.444 e. The summed E-state index contributed by atoms with van der Waals surface area (Å²) < 4.78 is 73.0. The molecule has 47 heavy (non-hydrogen) atoms. The van der Waals surface area contributed by atoms with Gasteiger partial charge in [-0.3, -0.25) is 4.79 Å². The van der Waals surface area contributed by atoms with Crippen LogP contribution in [0.2, 0.25) is 4.34 Å². The number of hydrogen-bond donors (Lipinski definition) is 2. The Labute approximate surface area is 279 Å². The molecule has 2 aromatic heterocycles. The van der Waals surface area contributed by atoms with E-state index in [2.05, 4.69) is 20.6 Å². The molecule has 0 radical (unpaired) electrons. The van der Waals surface area contributed by atoms with Gasteiger partial charge in [0.2, 0.25) is 11.9 Å². The summed E-state index contributed by atoms with van der Waals surface area (Å²) >= 11 is 6.87. The summed E-state index contributed by atoms with van der Waals surface area (Å²) in [4.78, 5) is 36.7. The summed E-state index contributed by atoms with van der Waals surface area (Å²) in [5.74, 6) is -0.243. The number of thiophene rings is 1. The molecule has 0 bridgehead atoms. The molecule has 2 fully saturated rings. The molecule has 2 aliphatic heterocycles. The van der Waals surface area contributed by atoms with Crippen molar-refractivity contribution in [2.45, 2.75) is 74.6 Å². The van der Waals surface area contributed by atoms with E-state index in [9.17, 15) is 31.2 Å². The van der Waals surface area contributed by atoms with Gasteiger partial charge in [-0.2, -0.15) is 17.5 Å². The highest BCUT2D eigenvalue weighted by Gasteiger charge is 2.40. The van der Waals surface area contributed by atoms with Crippen LogP contribution in [0, 0.1) is 0 Å². The smallest absolute Gasteiger partial charge is 0.416 e. The highest BCUT2D eigenvalue weighted by Crippen LogP contribution is 2.33. The van der Waals surface area contributed by atoms with Crippen LogP contribution in [0.1, 0.15) is 51.3 Å². The van der Waals surface area contributed by atoms with Gasteiger partial charge < -0.3 is 20.3 Å². The lowest BCUT2D eigenvalue weighted by molar-refractivity contribution is -0.137. The number of hydrogen-bond acceptors (Lipinski definition) is 9. The molecule has 1 aromatic carbocycles. The fourth-order valence-corrected chi connectivity index (χ4v) is 8.63. The minimum absolute atomic E-state index is 0.0499. The van der Waals surface area contributed by atoms with Crippen LogP contribution in [-0.4, -0.2) is 72.0 Å². The van der Waals surface area contributed by atoms with E-state index in [1.165, 1.54) is 28.6 Å². The normalized spacial score (nSPS) is 19.2. The fourth-order valence-electron chi connectivity index (χ4n) is 5.36. The first kappa shape index (κ1) is 34.9. The summed E-state index contributed by atoms with van der Waals surface area (Å²) in [6, 6.07) is 7.81. The van der Waals surface area contributed by atoms with Crippen LogP contribution in [0.4, 0.5) is 23.9 Å². The van der Waals surface area contributed by atoms with Crippen molar-refractivity contribution in [1.29, 1.82) is 0 Å². The highest BCUT2D eigenvalue weighted by atomic mass is 35.5. The van der Waals surface area contributed by atoms with E-state index < -0.39 is 45.4 Å². The molecule has 0 spiro atoms. The monoisotopic (exact) mass is 714 g/mol. The number of nitrogens with zero attached hydrogens (tertiary/aromatic N) is 4. The molecule has 0 aliphatic carbocycles. The van der Waals surface area contributed by atoms with Gasteiger partial charge in [-0.15, -0.1) is 11.3 Å². The molecule has 2 aliphatic rings. The number of nitrogens with one attached hydrogen (secondary N) is 2. The van der Waals surface area contributed by atoms with Crippen molar-refractivity contribution in [2.24, 2.45) is 0 Å². The van der Waals surface area contributed by atoms with E-state index in [1.807, 2.05) is 4.90 Å². The maximum Gasteiger partial charge on any atom is 0.416 e. The average molecular weight is 715 g/mol. The zero-order valence-electron chi connectivity index (χ0n) is 25.8. The van der Waals surface area contributed by atoms with Crippen molar-refractivity contribution in [3.8, 4) is 11.3 Å². The van der Waals surface area contributed by atoms with Crippen LogP contribution in [0.3, 0.4) is 0 Å². The molecule has 2 saturated heterocycles. The van der Waals surface area contributed by atoms with Crippen LogP contribution in [0.5, 0.6) is 0 Å². The van der Waals surface area contributed by atoms with E-state index in [-0.39, 0.29) is 29.3 Å². The predicted molar refractivity (Wildman–Crippen MR) is 171 cm³/mol. The summed E-state index contributed by atoms with van der Waals surface area (Å²) in [5, 5.41) is 5.62. The Balaban J connectivity index is 1.35. The predicted octanol–water partition coefficient (Wildman–Crippen LogP) is 5.45. The number of sulfonamides is 1. The molecular formula is C30H34ClF3N6O5S2. The molecule has 2 unspecified atom stereocenters. The Bertz CT molecular complexity index is 1730. The number of alkyl halides is 3. The standard InChI is InChI=1S/C30H34ClF3N6O5S2/c1-29(2,3)45-28(42)37-20-12-14-39(17-20)27-36-21(15-22(38-27)18-6-8-19(9-7-18)30(32,33)34)16-35-26(41)23-5-4-13-40(23)47(43,44)25-11-10-24(31)46-25/h6-11,15,20,23H,4-5,12-14,16-17H2,1-3H3,(H,35,41)(H,37,42). The summed E-state index contributed by atoms with van der Waals surface area (Å²) in [5.41, 5.74) is -0.382. The number of ether oxygens (including phenoxy) is 1. The van der Waals surface area contributed by atoms with E-state index in [0.717, 1.165) is 23.5 Å². The van der Waals surface area contributed by atoms with Crippen LogP contribution in [-0.2, 0) is 32.3 Å². The third-order valence-corrected chi connectivity index (χ3v) is 11.1. The summed E-state index contributed by atoms with van der Waals surface area (Å²) in [6.07, 6.45) is -3.67. The topological polar surface area (TPSA) is 134 Å². The van der Waals surface area contributed by atoms with Gasteiger partial charge in [0.05, 0.1) is 33.9 Å². The third-order valence-electron chi connectivity index (χ3n) is 7.53. The van der Waals surface area contributed by atoms with Gasteiger partial charge >= 0.3 is 12.3 Å². The summed E-state index contributed by atoms with van der Waals surface area (Å²) in [6.45, 7) is 6.20. The number of rotatable bonds is 8. The third kappa shape index (κ3) is 8.52. The summed E-state index contributed by atoms with van der Waals surface area (Å²) in [7, 11) is -3.94. The van der Waals surface area contributed by atoms with Crippen molar-refractivity contribution in [3.05, 3.63) is 58.1 Å². The van der Waals surface area contributed by atoms with Gasteiger partial charge in [0.1, 0.15) is 15.9 Å². The lowest BCUT2D eigenvalue weighted by Crippen LogP contribution is -2.45. The molecule has 254 valence electrons. The van der Waals surface area contributed by atoms with Gasteiger partial charge in [-0.1, -0.05) is 23.7 Å². The minimum atomic E-state index is -4.51. The molecular weight excluding hydrogens is 681 g/mol. The van der Waals surface area contributed by atoms with Crippen molar-refractivity contribution in [3.63, 3.8) is 0 Å². The molecule has 5 rings (SSSR count). The van der Waals surface area contributed by atoms with Gasteiger partial charge in [0.25, 0.3) is 10.0 Å². The van der Waals surface area contributed by atoms with E-state index >= 15 is 0 Å². The number of carbonyl (C=O) groups excluding carboxylic acids is 2. The average Bonchev–Trinajstić information content (AvgIpc) is 3.76. The number of carbonyl (C=O) groups is 2. The molecule has 2 amide bonds. The Morgan fingerprint density at radius 3 is 2.43 bits per heavy atom. The van der Waals surface area contributed by atoms with Crippen LogP contribution >= 0.6 is 22.9 Å². The number of benzene rings is 1. The second-order valence-corrected chi connectivity index (χ2v) is 16.1. The maximum absolute atomic E-state index is 13.3. The second-order valence-electron chi connectivity index (χ2n) is 12.2. The van der Waals surface area contributed by atoms with E-state index in [1.54, 1.807) is 26.8 Å². The zero-order chi connectivity index (χ0) is 34.1. The Morgan fingerprint density at radius 2 is 1.79 bits per heavy atom. The van der Waals surface area contributed by atoms with Crippen molar-refractivity contribution in [2.75, 3.05) is 24.5 Å². The Kier molecular flexibility index (Phi) is 10.1. The molecule has 17 heteroatoms. The number of halogens is 4. The second kappa shape index (κ2) is 13.6. The number of alkyl carbamates (subject to hydrolysis) is 1. The Morgan fingerprint density at radius 1 is 1.06 bits per heavy atom. The van der Waals surface area contributed by atoms with Gasteiger partial charge in [0, 0.05) is 25.2 Å². The highest BCUT2D eigenvalue weighted by molar-refractivity contribution is 7.91. The molecule has 0 saturated carbocycles. The first-order chi connectivity index (χ1) is 22.0.